The number of rotatable bonds is 3. The molecule has 1 fully saturated rings. The van der Waals surface area contributed by atoms with Crippen LogP contribution >= 0.6 is 0 Å². The molecule has 0 amide bonds. The predicted molar refractivity (Wildman–Crippen MR) is 74.6 cm³/mol. The molecule has 2 rings (SSSR count). The number of benzene rings is 1. The van der Waals surface area contributed by atoms with Gasteiger partial charge >= 0.3 is 0 Å². The number of anilines is 1. The standard InChI is InChI=1S/C15H24N2/c1-11-9-15(17-8-4-5-13(17)3)7-6-14(11)10-12(2)16/h6-7,9,12-13H,4-5,8,10,16H2,1-3H3. The Hall–Kier alpha value is -1.02. The van der Waals surface area contributed by atoms with Gasteiger partial charge in [-0.2, -0.15) is 0 Å². The summed E-state index contributed by atoms with van der Waals surface area (Å²) in [5.74, 6) is 0. The van der Waals surface area contributed by atoms with Crippen molar-refractivity contribution < 1.29 is 0 Å². The zero-order valence-corrected chi connectivity index (χ0v) is 11.2. The lowest BCUT2D eigenvalue weighted by atomic mass is 10.0. The van der Waals surface area contributed by atoms with Crippen LogP contribution in [0.1, 0.15) is 37.8 Å². The van der Waals surface area contributed by atoms with Crippen LogP contribution < -0.4 is 10.6 Å². The van der Waals surface area contributed by atoms with Gasteiger partial charge in [0, 0.05) is 24.3 Å². The van der Waals surface area contributed by atoms with E-state index in [4.69, 9.17) is 5.73 Å². The molecule has 2 N–H and O–H groups in total. The Balaban J connectivity index is 2.18. The van der Waals surface area contributed by atoms with Crippen molar-refractivity contribution in [2.24, 2.45) is 5.73 Å². The molecular formula is C15H24N2. The molecule has 1 aliphatic heterocycles. The number of hydrogen-bond acceptors (Lipinski definition) is 2. The fourth-order valence-corrected chi connectivity index (χ4v) is 2.75. The van der Waals surface area contributed by atoms with Crippen molar-refractivity contribution in [1.82, 2.24) is 0 Å². The first-order chi connectivity index (χ1) is 8.08. The van der Waals surface area contributed by atoms with Gasteiger partial charge in [0.25, 0.3) is 0 Å². The van der Waals surface area contributed by atoms with Crippen molar-refractivity contribution >= 4 is 5.69 Å². The third kappa shape index (κ3) is 2.81. The number of nitrogens with zero attached hydrogens (tertiary/aromatic N) is 1. The third-order valence-corrected chi connectivity index (χ3v) is 3.75. The Labute approximate surface area is 105 Å². The Morgan fingerprint density at radius 3 is 2.76 bits per heavy atom. The average molecular weight is 232 g/mol. The van der Waals surface area contributed by atoms with E-state index in [1.165, 1.54) is 36.2 Å². The van der Waals surface area contributed by atoms with Gasteiger partial charge in [-0.25, -0.2) is 0 Å². The maximum atomic E-state index is 5.87. The van der Waals surface area contributed by atoms with Crippen LogP contribution in [0.15, 0.2) is 18.2 Å². The molecule has 1 saturated heterocycles. The molecule has 0 spiro atoms. The van der Waals surface area contributed by atoms with E-state index in [1.54, 1.807) is 0 Å². The molecule has 2 unspecified atom stereocenters. The first kappa shape index (κ1) is 12.4. The Kier molecular flexibility index (Phi) is 3.72. The lowest BCUT2D eigenvalue weighted by Crippen LogP contribution is -2.26. The molecule has 1 heterocycles. The molecule has 2 heteroatoms. The maximum Gasteiger partial charge on any atom is 0.0371 e. The quantitative estimate of drug-likeness (QED) is 0.868. The van der Waals surface area contributed by atoms with Crippen molar-refractivity contribution in [3.8, 4) is 0 Å². The van der Waals surface area contributed by atoms with Gasteiger partial charge in [-0.1, -0.05) is 6.07 Å². The third-order valence-electron chi connectivity index (χ3n) is 3.75. The van der Waals surface area contributed by atoms with Gasteiger partial charge in [-0.15, -0.1) is 0 Å². The first-order valence-corrected chi connectivity index (χ1v) is 6.69. The van der Waals surface area contributed by atoms with Gasteiger partial charge in [0.1, 0.15) is 0 Å². The minimum Gasteiger partial charge on any atom is -0.369 e. The van der Waals surface area contributed by atoms with Gasteiger partial charge in [0.15, 0.2) is 0 Å². The highest BCUT2D eigenvalue weighted by Gasteiger charge is 2.20. The molecular weight excluding hydrogens is 208 g/mol. The van der Waals surface area contributed by atoms with Crippen molar-refractivity contribution in [1.29, 1.82) is 0 Å². The largest absolute Gasteiger partial charge is 0.369 e. The van der Waals surface area contributed by atoms with Crippen molar-refractivity contribution in [2.45, 2.75) is 52.1 Å². The summed E-state index contributed by atoms with van der Waals surface area (Å²) < 4.78 is 0. The maximum absolute atomic E-state index is 5.87. The van der Waals surface area contributed by atoms with Crippen LogP contribution in [0, 0.1) is 6.92 Å². The summed E-state index contributed by atoms with van der Waals surface area (Å²) in [4.78, 5) is 2.52. The zero-order valence-electron chi connectivity index (χ0n) is 11.2. The molecule has 17 heavy (non-hydrogen) atoms. The van der Waals surface area contributed by atoms with Gasteiger partial charge < -0.3 is 10.6 Å². The van der Waals surface area contributed by atoms with Crippen LogP contribution in [0.2, 0.25) is 0 Å². The lowest BCUT2D eigenvalue weighted by Gasteiger charge is -2.25. The van der Waals surface area contributed by atoms with Crippen molar-refractivity contribution in [3.63, 3.8) is 0 Å². The smallest absolute Gasteiger partial charge is 0.0371 e. The van der Waals surface area contributed by atoms with E-state index in [-0.39, 0.29) is 6.04 Å². The minimum absolute atomic E-state index is 0.241. The molecule has 94 valence electrons. The monoisotopic (exact) mass is 232 g/mol. The Morgan fingerprint density at radius 1 is 1.47 bits per heavy atom. The molecule has 1 aliphatic rings. The van der Waals surface area contributed by atoms with Crippen molar-refractivity contribution in [2.75, 3.05) is 11.4 Å². The second-order valence-corrected chi connectivity index (χ2v) is 5.48. The summed E-state index contributed by atoms with van der Waals surface area (Å²) in [7, 11) is 0. The van der Waals surface area contributed by atoms with E-state index < -0.39 is 0 Å². The van der Waals surface area contributed by atoms with E-state index in [0.717, 1.165) is 6.42 Å². The molecule has 0 saturated carbocycles. The molecule has 0 radical (unpaired) electrons. The summed E-state index contributed by atoms with van der Waals surface area (Å²) in [6, 6.07) is 7.75. The van der Waals surface area contributed by atoms with E-state index in [1.807, 2.05) is 0 Å². The summed E-state index contributed by atoms with van der Waals surface area (Å²) in [6.45, 7) is 7.78. The lowest BCUT2D eigenvalue weighted by molar-refractivity contribution is 0.728. The minimum atomic E-state index is 0.241. The van der Waals surface area contributed by atoms with Crippen LogP contribution in [-0.2, 0) is 6.42 Å². The molecule has 1 aromatic carbocycles. The van der Waals surface area contributed by atoms with Gasteiger partial charge in [0.05, 0.1) is 0 Å². The second kappa shape index (κ2) is 5.09. The number of nitrogens with two attached hydrogens (primary N) is 1. The number of aryl methyl sites for hydroxylation is 1. The van der Waals surface area contributed by atoms with E-state index >= 15 is 0 Å². The Morgan fingerprint density at radius 2 is 2.24 bits per heavy atom. The van der Waals surface area contributed by atoms with Crippen LogP contribution in [-0.4, -0.2) is 18.6 Å². The molecule has 2 atom stereocenters. The first-order valence-electron chi connectivity index (χ1n) is 6.69. The highest BCUT2D eigenvalue weighted by Crippen LogP contribution is 2.27. The molecule has 2 nitrogen and oxygen atoms in total. The topological polar surface area (TPSA) is 29.3 Å². The van der Waals surface area contributed by atoms with E-state index in [9.17, 15) is 0 Å². The summed E-state index contributed by atoms with van der Waals surface area (Å²) >= 11 is 0. The second-order valence-electron chi connectivity index (χ2n) is 5.48. The summed E-state index contributed by atoms with van der Waals surface area (Å²) in [5, 5.41) is 0. The average Bonchev–Trinajstić information content (AvgIpc) is 2.67. The Bertz CT molecular complexity index is 385. The summed E-state index contributed by atoms with van der Waals surface area (Å²) in [5.41, 5.74) is 10.00. The summed E-state index contributed by atoms with van der Waals surface area (Å²) in [6.07, 6.45) is 3.62. The fourth-order valence-electron chi connectivity index (χ4n) is 2.75. The highest BCUT2D eigenvalue weighted by atomic mass is 15.2. The fraction of sp³-hybridized carbons (Fsp3) is 0.600. The van der Waals surface area contributed by atoms with Crippen molar-refractivity contribution in [3.05, 3.63) is 29.3 Å². The molecule has 1 aromatic rings. The molecule has 0 aromatic heterocycles. The highest BCUT2D eigenvalue weighted by molar-refractivity contribution is 5.52. The zero-order chi connectivity index (χ0) is 12.4. The van der Waals surface area contributed by atoms with Gasteiger partial charge in [-0.3, -0.25) is 0 Å². The van der Waals surface area contributed by atoms with Crippen LogP contribution in [0.25, 0.3) is 0 Å². The van der Waals surface area contributed by atoms with Crippen LogP contribution in [0.4, 0.5) is 5.69 Å². The predicted octanol–water partition coefficient (Wildman–Crippen LogP) is 2.87. The van der Waals surface area contributed by atoms with Gasteiger partial charge in [-0.05, 0) is 63.3 Å². The normalized spacial score (nSPS) is 21.9. The molecule has 0 aliphatic carbocycles. The number of hydrogen-bond donors (Lipinski definition) is 1. The van der Waals surface area contributed by atoms with E-state index in [2.05, 4.69) is 43.9 Å². The van der Waals surface area contributed by atoms with Gasteiger partial charge in [0.2, 0.25) is 0 Å². The van der Waals surface area contributed by atoms with E-state index in [0.29, 0.717) is 6.04 Å². The SMILES string of the molecule is Cc1cc(N2CCCC2C)ccc1CC(C)N. The van der Waals surface area contributed by atoms with Crippen LogP contribution in [0.3, 0.4) is 0 Å². The van der Waals surface area contributed by atoms with Crippen LogP contribution in [0.5, 0.6) is 0 Å². The molecule has 0 bridgehead atoms.